The van der Waals surface area contributed by atoms with E-state index in [0.29, 0.717) is 19.1 Å². The number of nitrogens with zero attached hydrogens (tertiary/aromatic N) is 4. The molecule has 0 bridgehead atoms. The van der Waals surface area contributed by atoms with Crippen molar-refractivity contribution in [1.82, 2.24) is 19.9 Å². The van der Waals surface area contributed by atoms with Gasteiger partial charge in [0.1, 0.15) is 0 Å². The predicted molar refractivity (Wildman–Crippen MR) is 72.9 cm³/mol. The highest BCUT2D eigenvalue weighted by atomic mass is 32.1. The molecule has 0 saturated heterocycles. The molecule has 2 rings (SSSR count). The van der Waals surface area contributed by atoms with Crippen molar-refractivity contribution in [3.05, 3.63) is 16.6 Å². The lowest BCUT2D eigenvalue weighted by atomic mass is 10.5. The van der Waals surface area contributed by atoms with E-state index in [4.69, 9.17) is 10.6 Å². The number of nitrogen functional groups attached to an aromatic ring is 1. The van der Waals surface area contributed by atoms with Gasteiger partial charge in [0.15, 0.2) is 0 Å². The Labute approximate surface area is 114 Å². The van der Waals surface area contributed by atoms with Crippen LogP contribution in [0.25, 0.3) is 0 Å². The Morgan fingerprint density at radius 2 is 2.16 bits per heavy atom. The molecule has 0 fully saturated rings. The summed E-state index contributed by atoms with van der Waals surface area (Å²) >= 11 is 1.54. The third-order valence-electron chi connectivity index (χ3n) is 2.09. The molecule has 0 aliphatic rings. The number of hydrazine groups is 1. The Kier molecular flexibility index (Phi) is 4.81. The van der Waals surface area contributed by atoms with Gasteiger partial charge in [-0.3, -0.25) is 5.43 Å². The molecule has 0 spiro atoms. The van der Waals surface area contributed by atoms with Crippen LogP contribution in [0.15, 0.2) is 10.9 Å². The lowest BCUT2D eigenvalue weighted by Gasteiger charge is -2.08. The maximum atomic E-state index is 5.36. The van der Waals surface area contributed by atoms with Crippen molar-refractivity contribution in [3.8, 4) is 6.01 Å². The number of anilines is 2. The molecule has 2 heterocycles. The molecule has 9 heteroatoms. The molecule has 0 atom stereocenters. The smallest absolute Gasteiger partial charge is 0.323 e. The molecule has 8 nitrogen and oxygen atoms in total. The van der Waals surface area contributed by atoms with E-state index in [1.807, 2.05) is 12.3 Å². The van der Waals surface area contributed by atoms with E-state index in [-0.39, 0.29) is 12.0 Å². The maximum absolute atomic E-state index is 5.36. The van der Waals surface area contributed by atoms with Gasteiger partial charge in [-0.2, -0.15) is 15.0 Å². The van der Waals surface area contributed by atoms with Crippen molar-refractivity contribution in [3.63, 3.8) is 0 Å². The normalized spacial score (nSPS) is 10.2. The minimum Gasteiger partial charge on any atom is -0.463 e. The average Bonchev–Trinajstić information content (AvgIpc) is 2.96. The second-order valence-electron chi connectivity index (χ2n) is 3.59. The van der Waals surface area contributed by atoms with Gasteiger partial charge in [0.25, 0.3) is 0 Å². The largest absolute Gasteiger partial charge is 0.463 e. The van der Waals surface area contributed by atoms with Gasteiger partial charge in [0.2, 0.25) is 11.9 Å². The quantitative estimate of drug-likeness (QED) is 0.509. The Morgan fingerprint density at radius 3 is 2.84 bits per heavy atom. The van der Waals surface area contributed by atoms with E-state index in [2.05, 4.69) is 30.7 Å². The molecule has 0 aliphatic heterocycles. The molecule has 102 valence electrons. The lowest BCUT2D eigenvalue weighted by Crippen LogP contribution is -2.14. The summed E-state index contributed by atoms with van der Waals surface area (Å²) in [5, 5.41) is 4.99. The second-order valence-corrected chi connectivity index (χ2v) is 4.31. The third-order valence-corrected chi connectivity index (χ3v) is 2.73. The topological polar surface area (TPSA) is 111 Å². The number of nitrogens with two attached hydrogens (primary N) is 1. The van der Waals surface area contributed by atoms with Crippen LogP contribution in [0.5, 0.6) is 6.01 Å². The molecular formula is C10H15N7OS. The van der Waals surface area contributed by atoms with Gasteiger partial charge in [0, 0.05) is 5.38 Å². The summed E-state index contributed by atoms with van der Waals surface area (Å²) in [6.07, 6.45) is 0.874. The Hall–Kier alpha value is -2.00. The van der Waals surface area contributed by atoms with Crippen LogP contribution in [0.2, 0.25) is 0 Å². The Balaban J connectivity index is 2.05. The zero-order valence-electron chi connectivity index (χ0n) is 10.5. The number of thiazole rings is 1. The Bertz CT molecular complexity index is 505. The first kappa shape index (κ1) is 13.4. The zero-order valence-corrected chi connectivity index (χ0v) is 11.3. The number of aromatic nitrogens is 4. The highest BCUT2D eigenvalue weighted by Crippen LogP contribution is 2.12. The van der Waals surface area contributed by atoms with Crippen LogP contribution < -0.4 is 21.3 Å². The number of hydrogen-bond acceptors (Lipinski definition) is 9. The molecule has 19 heavy (non-hydrogen) atoms. The number of ether oxygens (including phenoxy) is 1. The first-order valence-electron chi connectivity index (χ1n) is 5.78. The van der Waals surface area contributed by atoms with Crippen molar-refractivity contribution < 1.29 is 4.74 Å². The van der Waals surface area contributed by atoms with Gasteiger partial charge in [0.05, 0.1) is 24.4 Å². The fourth-order valence-corrected chi connectivity index (χ4v) is 1.81. The van der Waals surface area contributed by atoms with E-state index >= 15 is 0 Å². The van der Waals surface area contributed by atoms with Crippen molar-refractivity contribution >= 4 is 23.2 Å². The molecule has 0 unspecified atom stereocenters. The summed E-state index contributed by atoms with van der Waals surface area (Å²) in [5.74, 6) is 5.95. The summed E-state index contributed by atoms with van der Waals surface area (Å²) in [6, 6.07) is 0.241. The highest BCUT2D eigenvalue weighted by molar-refractivity contribution is 7.07. The predicted octanol–water partition coefficient (Wildman–Crippen LogP) is 1.01. The van der Waals surface area contributed by atoms with E-state index in [1.165, 1.54) is 11.3 Å². The fourth-order valence-electron chi connectivity index (χ4n) is 1.25. The van der Waals surface area contributed by atoms with Crippen LogP contribution in [0.3, 0.4) is 0 Å². The molecule has 0 aliphatic carbocycles. The average molecular weight is 281 g/mol. The van der Waals surface area contributed by atoms with Gasteiger partial charge >= 0.3 is 6.01 Å². The number of rotatable bonds is 7. The summed E-state index contributed by atoms with van der Waals surface area (Å²) in [7, 11) is 0. The number of nitrogens with one attached hydrogen (secondary N) is 2. The standard InChI is InChI=1S/C10H15N7OS/c1-2-3-18-10-15-8(14-9(16-10)17-11)12-4-7-5-19-6-13-7/h5-6H,2-4,11H2,1H3,(H2,12,14,15,16,17). The van der Waals surface area contributed by atoms with Crippen LogP contribution in [-0.2, 0) is 6.54 Å². The van der Waals surface area contributed by atoms with E-state index in [1.54, 1.807) is 5.51 Å². The van der Waals surface area contributed by atoms with Gasteiger partial charge in [-0.15, -0.1) is 11.3 Å². The first-order valence-corrected chi connectivity index (χ1v) is 6.72. The summed E-state index contributed by atoms with van der Waals surface area (Å²) in [4.78, 5) is 16.4. The molecule has 2 aromatic heterocycles. The van der Waals surface area contributed by atoms with Gasteiger partial charge < -0.3 is 10.1 Å². The van der Waals surface area contributed by atoms with Crippen molar-refractivity contribution in [2.75, 3.05) is 17.3 Å². The van der Waals surface area contributed by atoms with Gasteiger partial charge in [-0.05, 0) is 6.42 Å². The van der Waals surface area contributed by atoms with Gasteiger partial charge in [-0.25, -0.2) is 10.8 Å². The number of hydrogen-bond donors (Lipinski definition) is 3. The molecule has 2 aromatic rings. The molecule has 0 amide bonds. The summed E-state index contributed by atoms with van der Waals surface area (Å²) < 4.78 is 5.36. The maximum Gasteiger partial charge on any atom is 0.323 e. The van der Waals surface area contributed by atoms with E-state index in [0.717, 1.165) is 12.1 Å². The highest BCUT2D eigenvalue weighted by Gasteiger charge is 2.07. The monoisotopic (exact) mass is 281 g/mol. The molecule has 0 aromatic carbocycles. The first-order chi connectivity index (χ1) is 9.31. The van der Waals surface area contributed by atoms with Crippen LogP contribution in [0.1, 0.15) is 19.0 Å². The molecular weight excluding hydrogens is 266 g/mol. The van der Waals surface area contributed by atoms with Crippen molar-refractivity contribution in [2.45, 2.75) is 19.9 Å². The van der Waals surface area contributed by atoms with Crippen LogP contribution in [-0.4, -0.2) is 26.5 Å². The van der Waals surface area contributed by atoms with Gasteiger partial charge in [-0.1, -0.05) is 6.92 Å². The fraction of sp³-hybridized carbons (Fsp3) is 0.400. The summed E-state index contributed by atoms with van der Waals surface area (Å²) in [5.41, 5.74) is 5.07. The third kappa shape index (κ3) is 4.00. The summed E-state index contributed by atoms with van der Waals surface area (Å²) in [6.45, 7) is 3.08. The van der Waals surface area contributed by atoms with Crippen molar-refractivity contribution in [2.24, 2.45) is 5.84 Å². The van der Waals surface area contributed by atoms with E-state index < -0.39 is 0 Å². The van der Waals surface area contributed by atoms with E-state index in [9.17, 15) is 0 Å². The molecule has 0 saturated carbocycles. The Morgan fingerprint density at radius 1 is 1.32 bits per heavy atom. The van der Waals surface area contributed by atoms with Crippen LogP contribution in [0, 0.1) is 0 Å². The van der Waals surface area contributed by atoms with Crippen LogP contribution in [0.4, 0.5) is 11.9 Å². The molecule has 4 N–H and O–H groups in total. The van der Waals surface area contributed by atoms with Crippen molar-refractivity contribution in [1.29, 1.82) is 0 Å². The zero-order chi connectivity index (χ0) is 13.5. The minimum atomic E-state index is 0.241. The van der Waals surface area contributed by atoms with Crippen LogP contribution >= 0.6 is 11.3 Å². The second kappa shape index (κ2) is 6.81. The molecule has 0 radical (unpaired) electrons. The lowest BCUT2D eigenvalue weighted by molar-refractivity contribution is 0.292. The minimum absolute atomic E-state index is 0.241. The SMILES string of the molecule is CCCOc1nc(NN)nc(NCc2cscn2)n1.